The van der Waals surface area contributed by atoms with Gasteiger partial charge in [-0.2, -0.15) is 5.10 Å². The Labute approximate surface area is 93.0 Å². The van der Waals surface area contributed by atoms with E-state index in [1.165, 1.54) is 6.42 Å². The molecule has 3 rings (SSSR count). The lowest BCUT2D eigenvalue weighted by molar-refractivity contribution is 0.0917. The van der Waals surface area contributed by atoms with Gasteiger partial charge in [0.25, 0.3) is 5.91 Å². The highest BCUT2D eigenvalue weighted by Crippen LogP contribution is 2.19. The van der Waals surface area contributed by atoms with Crippen LogP contribution in [0.2, 0.25) is 0 Å². The van der Waals surface area contributed by atoms with Crippen molar-refractivity contribution < 1.29 is 4.79 Å². The number of hydrogen-bond acceptors (Lipinski definition) is 2. The van der Waals surface area contributed by atoms with Crippen LogP contribution in [0.4, 0.5) is 0 Å². The molecule has 4 heteroatoms. The van der Waals surface area contributed by atoms with Crippen molar-refractivity contribution in [2.24, 2.45) is 0 Å². The Morgan fingerprint density at radius 1 is 1.44 bits per heavy atom. The molecular formula is C12H13N3O. The fourth-order valence-electron chi connectivity index (χ4n) is 1.90. The largest absolute Gasteiger partial charge is 0.349 e. The predicted molar refractivity (Wildman–Crippen MR) is 61.2 cm³/mol. The van der Waals surface area contributed by atoms with Crippen LogP contribution in [0, 0.1) is 0 Å². The van der Waals surface area contributed by atoms with E-state index >= 15 is 0 Å². The number of aromatic nitrogens is 2. The minimum Gasteiger partial charge on any atom is -0.349 e. The lowest BCUT2D eigenvalue weighted by Crippen LogP contribution is -2.39. The third kappa shape index (κ3) is 1.56. The van der Waals surface area contributed by atoms with Gasteiger partial charge in [0.1, 0.15) is 0 Å². The van der Waals surface area contributed by atoms with Gasteiger partial charge in [0.15, 0.2) is 0 Å². The maximum Gasteiger partial charge on any atom is 0.251 e. The van der Waals surface area contributed by atoms with Crippen molar-refractivity contribution in [3.63, 3.8) is 0 Å². The van der Waals surface area contributed by atoms with Crippen LogP contribution in [0.1, 0.15) is 29.6 Å². The summed E-state index contributed by atoms with van der Waals surface area (Å²) >= 11 is 0. The number of aromatic amines is 1. The van der Waals surface area contributed by atoms with E-state index in [-0.39, 0.29) is 5.91 Å². The maximum absolute atomic E-state index is 11.9. The van der Waals surface area contributed by atoms with Gasteiger partial charge in [0.2, 0.25) is 0 Å². The van der Waals surface area contributed by atoms with Gasteiger partial charge in [-0.3, -0.25) is 9.89 Å². The number of carbonyl (C=O) groups is 1. The summed E-state index contributed by atoms with van der Waals surface area (Å²) in [6.45, 7) is 0. The van der Waals surface area contributed by atoms with Crippen LogP contribution in [-0.2, 0) is 0 Å². The number of nitrogens with one attached hydrogen (secondary N) is 2. The molecule has 1 fully saturated rings. The molecule has 1 aliphatic rings. The van der Waals surface area contributed by atoms with Crippen molar-refractivity contribution in [2.75, 3.05) is 0 Å². The normalized spacial score (nSPS) is 16.0. The van der Waals surface area contributed by atoms with E-state index < -0.39 is 0 Å². The van der Waals surface area contributed by atoms with Gasteiger partial charge in [-0.05, 0) is 31.4 Å². The molecule has 0 unspecified atom stereocenters. The summed E-state index contributed by atoms with van der Waals surface area (Å²) in [4.78, 5) is 11.9. The van der Waals surface area contributed by atoms with Crippen molar-refractivity contribution in [3.05, 3.63) is 30.0 Å². The lowest BCUT2D eigenvalue weighted by atomic mass is 9.93. The number of rotatable bonds is 2. The molecule has 1 aromatic carbocycles. The number of amides is 1. The molecule has 1 heterocycles. The SMILES string of the molecule is O=C(NC1CCC1)c1ccc2cn[nH]c2c1. The number of nitrogens with zero attached hydrogens (tertiary/aromatic N) is 1. The summed E-state index contributed by atoms with van der Waals surface area (Å²) in [5.74, 6) is 0.0150. The smallest absolute Gasteiger partial charge is 0.251 e. The van der Waals surface area contributed by atoms with Gasteiger partial charge in [0.05, 0.1) is 11.7 Å². The van der Waals surface area contributed by atoms with E-state index in [9.17, 15) is 4.79 Å². The average Bonchev–Trinajstić information content (AvgIpc) is 2.69. The number of carbonyl (C=O) groups excluding carboxylic acids is 1. The van der Waals surface area contributed by atoms with Gasteiger partial charge >= 0.3 is 0 Å². The van der Waals surface area contributed by atoms with Gasteiger partial charge in [-0.25, -0.2) is 0 Å². The molecule has 0 saturated heterocycles. The molecule has 1 aliphatic carbocycles. The predicted octanol–water partition coefficient (Wildman–Crippen LogP) is 1.85. The van der Waals surface area contributed by atoms with Gasteiger partial charge in [-0.1, -0.05) is 6.07 Å². The average molecular weight is 215 g/mol. The molecule has 1 saturated carbocycles. The highest BCUT2D eigenvalue weighted by atomic mass is 16.1. The Balaban J connectivity index is 1.83. The molecule has 0 spiro atoms. The topological polar surface area (TPSA) is 57.8 Å². The van der Waals surface area contributed by atoms with E-state index in [1.54, 1.807) is 6.20 Å². The summed E-state index contributed by atoms with van der Waals surface area (Å²) in [5, 5.41) is 10.8. The zero-order chi connectivity index (χ0) is 11.0. The third-order valence-electron chi connectivity index (χ3n) is 3.14. The van der Waals surface area contributed by atoms with E-state index in [0.29, 0.717) is 11.6 Å². The van der Waals surface area contributed by atoms with Crippen LogP contribution in [0.5, 0.6) is 0 Å². The Morgan fingerprint density at radius 2 is 2.31 bits per heavy atom. The van der Waals surface area contributed by atoms with Gasteiger partial charge < -0.3 is 5.32 Å². The first-order valence-corrected chi connectivity index (χ1v) is 5.57. The van der Waals surface area contributed by atoms with E-state index in [2.05, 4.69) is 15.5 Å². The maximum atomic E-state index is 11.9. The fourth-order valence-corrected chi connectivity index (χ4v) is 1.90. The van der Waals surface area contributed by atoms with Gasteiger partial charge in [-0.15, -0.1) is 0 Å². The fraction of sp³-hybridized carbons (Fsp3) is 0.333. The minimum absolute atomic E-state index is 0.0150. The molecule has 1 amide bonds. The van der Waals surface area contributed by atoms with E-state index in [0.717, 1.165) is 23.7 Å². The molecule has 2 N–H and O–H groups in total. The first kappa shape index (κ1) is 9.39. The monoisotopic (exact) mass is 215 g/mol. The first-order valence-electron chi connectivity index (χ1n) is 5.57. The molecule has 0 aliphatic heterocycles. The van der Waals surface area contributed by atoms with E-state index in [1.807, 2.05) is 18.2 Å². The highest BCUT2D eigenvalue weighted by molar-refractivity contribution is 5.97. The molecule has 2 aromatic rings. The molecule has 4 nitrogen and oxygen atoms in total. The van der Waals surface area contributed by atoms with Crippen LogP contribution in [0.15, 0.2) is 24.4 Å². The third-order valence-corrected chi connectivity index (χ3v) is 3.14. The summed E-state index contributed by atoms with van der Waals surface area (Å²) in [5.41, 5.74) is 1.60. The van der Waals surface area contributed by atoms with E-state index in [4.69, 9.17) is 0 Å². The zero-order valence-corrected chi connectivity index (χ0v) is 8.86. The first-order chi connectivity index (χ1) is 7.83. The second-order valence-electron chi connectivity index (χ2n) is 4.27. The van der Waals surface area contributed by atoms with Crippen molar-refractivity contribution in [3.8, 4) is 0 Å². The lowest BCUT2D eigenvalue weighted by Gasteiger charge is -2.26. The van der Waals surface area contributed by atoms with Crippen LogP contribution in [-0.4, -0.2) is 22.1 Å². The Morgan fingerprint density at radius 3 is 3.06 bits per heavy atom. The van der Waals surface area contributed by atoms with Crippen molar-refractivity contribution in [1.29, 1.82) is 0 Å². The Kier molecular flexibility index (Phi) is 2.13. The standard InChI is InChI=1S/C12H13N3O/c16-12(14-10-2-1-3-10)8-4-5-9-7-13-15-11(9)6-8/h4-7,10H,1-3H2,(H,13,15)(H,14,16). The number of H-pyrrole nitrogens is 1. The second-order valence-corrected chi connectivity index (χ2v) is 4.27. The number of fused-ring (bicyclic) bond motifs is 1. The number of benzene rings is 1. The molecule has 16 heavy (non-hydrogen) atoms. The molecule has 1 aromatic heterocycles. The van der Waals surface area contributed by atoms with Crippen molar-refractivity contribution >= 4 is 16.8 Å². The van der Waals surface area contributed by atoms with Gasteiger partial charge in [0, 0.05) is 17.0 Å². The minimum atomic E-state index is 0.0150. The highest BCUT2D eigenvalue weighted by Gasteiger charge is 2.20. The summed E-state index contributed by atoms with van der Waals surface area (Å²) in [7, 11) is 0. The van der Waals surface area contributed by atoms with Crippen molar-refractivity contribution in [2.45, 2.75) is 25.3 Å². The van der Waals surface area contributed by atoms with Crippen LogP contribution in [0.3, 0.4) is 0 Å². The summed E-state index contributed by atoms with van der Waals surface area (Å²) in [6.07, 6.45) is 5.20. The Hall–Kier alpha value is -1.84. The molecule has 82 valence electrons. The summed E-state index contributed by atoms with van der Waals surface area (Å²) < 4.78 is 0. The molecule has 0 radical (unpaired) electrons. The second kappa shape index (κ2) is 3.63. The van der Waals surface area contributed by atoms with Crippen LogP contribution in [0.25, 0.3) is 10.9 Å². The Bertz CT molecular complexity index is 528. The van der Waals surface area contributed by atoms with Crippen LogP contribution < -0.4 is 5.32 Å². The molecule has 0 atom stereocenters. The number of hydrogen-bond donors (Lipinski definition) is 2. The zero-order valence-electron chi connectivity index (χ0n) is 8.86. The molecule has 0 bridgehead atoms. The molecular weight excluding hydrogens is 202 g/mol. The summed E-state index contributed by atoms with van der Waals surface area (Å²) in [6, 6.07) is 5.97. The van der Waals surface area contributed by atoms with Crippen molar-refractivity contribution in [1.82, 2.24) is 15.5 Å². The quantitative estimate of drug-likeness (QED) is 0.803. The van der Waals surface area contributed by atoms with Crippen LogP contribution >= 0.6 is 0 Å².